The summed E-state index contributed by atoms with van der Waals surface area (Å²) in [5, 5.41) is 6.27. The SMILES string of the molecule is C=C(C)CN(CC)c1ccc2c(c1)NC(=O)C2NCCC. The molecule has 1 heterocycles. The first-order valence-corrected chi connectivity index (χ1v) is 7.64. The summed E-state index contributed by atoms with van der Waals surface area (Å²) in [4.78, 5) is 14.3. The van der Waals surface area contributed by atoms with Crippen LogP contribution in [0.5, 0.6) is 0 Å². The minimum atomic E-state index is -0.217. The van der Waals surface area contributed by atoms with Crippen LogP contribution in [0, 0.1) is 0 Å². The maximum absolute atomic E-state index is 12.1. The molecule has 0 saturated heterocycles. The average Bonchev–Trinajstić information content (AvgIpc) is 2.76. The number of amides is 1. The van der Waals surface area contributed by atoms with Crippen molar-refractivity contribution in [2.24, 2.45) is 0 Å². The van der Waals surface area contributed by atoms with Gasteiger partial charge in [0.05, 0.1) is 0 Å². The Labute approximate surface area is 127 Å². The maximum Gasteiger partial charge on any atom is 0.246 e. The molecular formula is C17H25N3O. The highest BCUT2D eigenvalue weighted by Crippen LogP contribution is 2.34. The molecule has 0 bridgehead atoms. The highest BCUT2D eigenvalue weighted by Gasteiger charge is 2.30. The van der Waals surface area contributed by atoms with Crippen LogP contribution >= 0.6 is 0 Å². The van der Waals surface area contributed by atoms with Gasteiger partial charge in [-0.1, -0.05) is 25.1 Å². The Morgan fingerprint density at radius 3 is 2.81 bits per heavy atom. The van der Waals surface area contributed by atoms with E-state index in [0.29, 0.717) is 0 Å². The molecule has 0 fully saturated rings. The first kappa shape index (κ1) is 15.6. The van der Waals surface area contributed by atoms with E-state index in [0.717, 1.165) is 48.6 Å². The van der Waals surface area contributed by atoms with Crippen molar-refractivity contribution in [1.82, 2.24) is 5.32 Å². The molecular weight excluding hydrogens is 262 g/mol. The summed E-state index contributed by atoms with van der Waals surface area (Å²) in [7, 11) is 0. The highest BCUT2D eigenvalue weighted by atomic mass is 16.2. The van der Waals surface area contributed by atoms with Crippen LogP contribution in [0.2, 0.25) is 0 Å². The van der Waals surface area contributed by atoms with Gasteiger partial charge in [0.1, 0.15) is 6.04 Å². The minimum absolute atomic E-state index is 0.0403. The summed E-state index contributed by atoms with van der Waals surface area (Å²) < 4.78 is 0. The quantitative estimate of drug-likeness (QED) is 0.758. The molecule has 1 aromatic rings. The average molecular weight is 287 g/mol. The molecule has 4 nitrogen and oxygen atoms in total. The van der Waals surface area contributed by atoms with Gasteiger partial charge in [-0.05, 0) is 38.9 Å². The fourth-order valence-electron chi connectivity index (χ4n) is 2.65. The van der Waals surface area contributed by atoms with E-state index in [4.69, 9.17) is 0 Å². The van der Waals surface area contributed by atoms with Crippen LogP contribution in [0.1, 0.15) is 38.8 Å². The lowest BCUT2D eigenvalue weighted by Gasteiger charge is -2.24. The second-order valence-corrected chi connectivity index (χ2v) is 5.62. The third kappa shape index (κ3) is 3.45. The number of carbonyl (C=O) groups is 1. The van der Waals surface area contributed by atoms with Gasteiger partial charge in [0.25, 0.3) is 0 Å². The van der Waals surface area contributed by atoms with E-state index in [2.05, 4.69) is 54.2 Å². The predicted molar refractivity (Wildman–Crippen MR) is 88.8 cm³/mol. The molecule has 0 radical (unpaired) electrons. The molecule has 0 aliphatic carbocycles. The molecule has 114 valence electrons. The molecule has 1 aromatic carbocycles. The number of nitrogens with zero attached hydrogens (tertiary/aromatic N) is 1. The molecule has 2 rings (SSSR count). The second kappa shape index (κ2) is 6.76. The number of carbonyl (C=O) groups excluding carboxylic acids is 1. The fraction of sp³-hybridized carbons (Fsp3) is 0.471. The molecule has 4 heteroatoms. The summed E-state index contributed by atoms with van der Waals surface area (Å²) in [6.45, 7) is 12.8. The number of nitrogens with one attached hydrogen (secondary N) is 2. The first-order chi connectivity index (χ1) is 10.1. The van der Waals surface area contributed by atoms with Crippen molar-refractivity contribution in [1.29, 1.82) is 0 Å². The summed E-state index contributed by atoms with van der Waals surface area (Å²) in [5.41, 5.74) is 4.22. The number of benzene rings is 1. The van der Waals surface area contributed by atoms with Crippen molar-refractivity contribution in [2.45, 2.75) is 33.2 Å². The molecule has 0 saturated carbocycles. The Balaban J connectivity index is 2.22. The molecule has 0 aromatic heterocycles. The smallest absolute Gasteiger partial charge is 0.246 e. The number of hydrogen-bond acceptors (Lipinski definition) is 3. The monoisotopic (exact) mass is 287 g/mol. The fourth-order valence-corrected chi connectivity index (χ4v) is 2.65. The topological polar surface area (TPSA) is 44.4 Å². The van der Waals surface area contributed by atoms with Crippen LogP contribution in [0.4, 0.5) is 11.4 Å². The van der Waals surface area contributed by atoms with Crippen LogP contribution in [0.25, 0.3) is 0 Å². The van der Waals surface area contributed by atoms with Crippen molar-refractivity contribution < 1.29 is 4.79 Å². The number of anilines is 2. The lowest BCUT2D eigenvalue weighted by Crippen LogP contribution is -2.28. The predicted octanol–water partition coefficient (Wildman–Crippen LogP) is 3.08. The molecule has 0 spiro atoms. The van der Waals surface area contributed by atoms with E-state index >= 15 is 0 Å². The van der Waals surface area contributed by atoms with Crippen LogP contribution in [-0.2, 0) is 4.79 Å². The van der Waals surface area contributed by atoms with Crippen molar-refractivity contribution in [3.8, 4) is 0 Å². The summed E-state index contributed by atoms with van der Waals surface area (Å²) in [5.74, 6) is 0.0403. The molecule has 21 heavy (non-hydrogen) atoms. The van der Waals surface area contributed by atoms with E-state index in [-0.39, 0.29) is 11.9 Å². The largest absolute Gasteiger partial charge is 0.368 e. The normalized spacial score (nSPS) is 16.5. The van der Waals surface area contributed by atoms with Crippen LogP contribution in [-0.4, -0.2) is 25.5 Å². The summed E-state index contributed by atoms with van der Waals surface area (Å²) in [6, 6.07) is 5.99. The van der Waals surface area contributed by atoms with Crippen molar-refractivity contribution in [3.05, 3.63) is 35.9 Å². The van der Waals surface area contributed by atoms with E-state index in [9.17, 15) is 4.79 Å². The Morgan fingerprint density at radius 2 is 2.19 bits per heavy atom. The second-order valence-electron chi connectivity index (χ2n) is 5.62. The minimum Gasteiger partial charge on any atom is -0.368 e. The molecule has 1 amide bonds. The van der Waals surface area contributed by atoms with Crippen LogP contribution < -0.4 is 15.5 Å². The standard InChI is InChI=1S/C17H25N3O/c1-5-9-18-16-14-8-7-13(10-15(14)19-17(16)21)20(6-2)11-12(3)4/h7-8,10,16,18H,3,5-6,9,11H2,1-2,4H3,(H,19,21). The Bertz CT molecular complexity index is 539. The third-order valence-corrected chi connectivity index (χ3v) is 3.67. The zero-order valence-electron chi connectivity index (χ0n) is 13.2. The maximum atomic E-state index is 12.1. The molecule has 2 N–H and O–H groups in total. The highest BCUT2D eigenvalue weighted by molar-refractivity contribution is 6.03. The van der Waals surface area contributed by atoms with Gasteiger partial charge in [-0.3, -0.25) is 4.79 Å². The van der Waals surface area contributed by atoms with E-state index in [1.165, 1.54) is 0 Å². The van der Waals surface area contributed by atoms with Gasteiger partial charge < -0.3 is 15.5 Å². The zero-order valence-corrected chi connectivity index (χ0v) is 13.2. The first-order valence-electron chi connectivity index (χ1n) is 7.64. The van der Waals surface area contributed by atoms with E-state index in [1.807, 2.05) is 6.92 Å². The number of rotatable bonds is 7. The van der Waals surface area contributed by atoms with Crippen LogP contribution in [0.15, 0.2) is 30.4 Å². The van der Waals surface area contributed by atoms with Gasteiger partial charge in [0, 0.05) is 30.0 Å². The van der Waals surface area contributed by atoms with Gasteiger partial charge in [-0.25, -0.2) is 0 Å². The van der Waals surface area contributed by atoms with E-state index in [1.54, 1.807) is 0 Å². The van der Waals surface area contributed by atoms with E-state index < -0.39 is 0 Å². The van der Waals surface area contributed by atoms with Gasteiger partial charge in [-0.2, -0.15) is 0 Å². The Morgan fingerprint density at radius 1 is 1.43 bits per heavy atom. The molecule has 1 aliphatic rings. The Hall–Kier alpha value is -1.81. The molecule has 1 atom stereocenters. The Kier molecular flexibility index (Phi) is 5.02. The molecule has 1 aliphatic heterocycles. The van der Waals surface area contributed by atoms with Gasteiger partial charge in [0.2, 0.25) is 5.91 Å². The lowest BCUT2D eigenvalue weighted by molar-refractivity contribution is -0.117. The van der Waals surface area contributed by atoms with Crippen molar-refractivity contribution >= 4 is 17.3 Å². The third-order valence-electron chi connectivity index (χ3n) is 3.67. The zero-order chi connectivity index (χ0) is 15.4. The van der Waals surface area contributed by atoms with Gasteiger partial charge in [-0.15, -0.1) is 0 Å². The number of likely N-dealkylation sites (N-methyl/N-ethyl adjacent to an activating group) is 1. The summed E-state index contributed by atoms with van der Waals surface area (Å²) >= 11 is 0. The number of hydrogen-bond donors (Lipinski definition) is 2. The number of fused-ring (bicyclic) bond motifs is 1. The van der Waals surface area contributed by atoms with Gasteiger partial charge in [0.15, 0.2) is 0 Å². The van der Waals surface area contributed by atoms with Crippen molar-refractivity contribution in [3.63, 3.8) is 0 Å². The van der Waals surface area contributed by atoms with Crippen LogP contribution in [0.3, 0.4) is 0 Å². The molecule has 1 unspecified atom stereocenters. The van der Waals surface area contributed by atoms with Gasteiger partial charge >= 0.3 is 0 Å². The lowest BCUT2D eigenvalue weighted by atomic mass is 10.1. The van der Waals surface area contributed by atoms with Crippen molar-refractivity contribution in [2.75, 3.05) is 29.9 Å². The summed E-state index contributed by atoms with van der Waals surface area (Å²) in [6.07, 6.45) is 1.01.